The summed E-state index contributed by atoms with van der Waals surface area (Å²) in [6, 6.07) is 17.6. The summed E-state index contributed by atoms with van der Waals surface area (Å²) in [5, 5.41) is 4.10. The number of ether oxygens (including phenoxy) is 2. The van der Waals surface area contributed by atoms with Crippen molar-refractivity contribution in [1.82, 2.24) is 14.8 Å². The summed E-state index contributed by atoms with van der Waals surface area (Å²) in [6.45, 7) is 5.74. The SMILES string of the molecule is CCOCCn1c(=O)c(CN2CC(NCC(N)=O)C2)cc2ccc(Oc3ccccc3)cc21. The largest absolute Gasteiger partial charge is 0.457 e. The van der Waals surface area contributed by atoms with E-state index in [2.05, 4.69) is 10.2 Å². The Balaban J connectivity index is 1.56. The first-order chi connectivity index (χ1) is 16.0. The van der Waals surface area contributed by atoms with E-state index in [1.807, 2.05) is 61.5 Å². The molecule has 4 rings (SSSR count). The molecule has 0 bridgehead atoms. The summed E-state index contributed by atoms with van der Waals surface area (Å²) in [7, 11) is 0. The van der Waals surface area contributed by atoms with E-state index in [-0.39, 0.29) is 24.1 Å². The van der Waals surface area contributed by atoms with E-state index in [0.717, 1.165) is 35.3 Å². The lowest BCUT2D eigenvalue weighted by molar-refractivity contribution is -0.117. The molecule has 33 heavy (non-hydrogen) atoms. The topological polar surface area (TPSA) is 98.8 Å². The Morgan fingerprint density at radius 2 is 1.91 bits per heavy atom. The summed E-state index contributed by atoms with van der Waals surface area (Å²) < 4.78 is 13.3. The van der Waals surface area contributed by atoms with Crippen molar-refractivity contribution >= 4 is 16.8 Å². The second-order valence-corrected chi connectivity index (χ2v) is 8.20. The molecule has 174 valence electrons. The number of aromatic nitrogens is 1. The average molecular weight is 451 g/mol. The molecule has 8 heteroatoms. The van der Waals surface area contributed by atoms with Gasteiger partial charge in [-0.2, -0.15) is 0 Å². The predicted octanol–water partition coefficient (Wildman–Crippen LogP) is 2.09. The van der Waals surface area contributed by atoms with Crippen molar-refractivity contribution in [3.8, 4) is 11.5 Å². The number of fused-ring (bicyclic) bond motifs is 1. The number of amides is 1. The van der Waals surface area contributed by atoms with Crippen LogP contribution in [0, 0.1) is 0 Å². The molecule has 8 nitrogen and oxygen atoms in total. The second-order valence-electron chi connectivity index (χ2n) is 8.20. The molecule has 1 aromatic heterocycles. The number of nitrogens with zero attached hydrogens (tertiary/aromatic N) is 2. The van der Waals surface area contributed by atoms with Crippen molar-refractivity contribution in [2.24, 2.45) is 5.73 Å². The predicted molar refractivity (Wildman–Crippen MR) is 127 cm³/mol. The van der Waals surface area contributed by atoms with Crippen molar-refractivity contribution in [2.45, 2.75) is 26.1 Å². The number of nitrogens with two attached hydrogens (primary N) is 1. The van der Waals surface area contributed by atoms with Crippen LogP contribution in [-0.2, 0) is 22.6 Å². The molecule has 3 aromatic rings. The number of likely N-dealkylation sites (tertiary alicyclic amines) is 1. The average Bonchev–Trinajstić information content (AvgIpc) is 2.78. The standard InChI is InChI=1S/C25H30N4O4/c1-2-32-11-10-29-23-13-22(33-21-6-4-3-5-7-21)9-8-18(23)12-19(25(29)31)15-28-16-20(17-28)27-14-24(26)30/h3-9,12-13,20,27H,2,10-11,14-17H2,1H3,(H2,26,30). The number of para-hydroxylation sites is 1. The Labute approximate surface area is 192 Å². The van der Waals surface area contributed by atoms with Gasteiger partial charge in [0.2, 0.25) is 5.91 Å². The molecule has 0 unspecified atom stereocenters. The third kappa shape index (κ3) is 5.78. The molecule has 2 heterocycles. The number of hydrogen-bond acceptors (Lipinski definition) is 6. The van der Waals surface area contributed by atoms with E-state index in [1.54, 1.807) is 4.57 Å². The minimum Gasteiger partial charge on any atom is -0.457 e. The maximum atomic E-state index is 13.4. The van der Waals surface area contributed by atoms with Gasteiger partial charge in [-0.15, -0.1) is 0 Å². The van der Waals surface area contributed by atoms with Crippen molar-refractivity contribution in [3.05, 3.63) is 70.5 Å². The molecular weight excluding hydrogens is 420 g/mol. The van der Waals surface area contributed by atoms with Gasteiger partial charge < -0.3 is 25.1 Å². The zero-order valence-corrected chi connectivity index (χ0v) is 18.8. The smallest absolute Gasteiger partial charge is 0.255 e. The van der Waals surface area contributed by atoms with Crippen LogP contribution in [0.25, 0.3) is 10.9 Å². The Bertz CT molecular complexity index is 1160. The van der Waals surface area contributed by atoms with Crippen LogP contribution in [-0.4, -0.2) is 54.3 Å². The second kappa shape index (κ2) is 10.6. The third-order valence-electron chi connectivity index (χ3n) is 5.70. The molecule has 0 radical (unpaired) electrons. The highest BCUT2D eigenvalue weighted by Crippen LogP contribution is 2.26. The highest BCUT2D eigenvalue weighted by Gasteiger charge is 2.27. The van der Waals surface area contributed by atoms with Gasteiger partial charge >= 0.3 is 0 Å². The molecule has 1 aliphatic heterocycles. The number of hydrogen-bond donors (Lipinski definition) is 2. The van der Waals surface area contributed by atoms with Gasteiger partial charge in [0, 0.05) is 50.5 Å². The zero-order chi connectivity index (χ0) is 23.2. The van der Waals surface area contributed by atoms with Crippen LogP contribution in [0.3, 0.4) is 0 Å². The lowest BCUT2D eigenvalue weighted by Gasteiger charge is -2.39. The lowest BCUT2D eigenvalue weighted by Crippen LogP contribution is -2.58. The number of pyridine rings is 1. The van der Waals surface area contributed by atoms with Gasteiger partial charge in [0.15, 0.2) is 0 Å². The molecule has 2 aromatic carbocycles. The first kappa shape index (κ1) is 23.0. The number of primary amides is 1. The summed E-state index contributed by atoms with van der Waals surface area (Å²) in [6.07, 6.45) is 0. The first-order valence-corrected chi connectivity index (χ1v) is 11.2. The molecule has 3 N–H and O–H groups in total. The van der Waals surface area contributed by atoms with Crippen LogP contribution in [0.1, 0.15) is 12.5 Å². The molecular formula is C25H30N4O4. The van der Waals surface area contributed by atoms with Gasteiger partial charge in [-0.3, -0.25) is 14.5 Å². The number of nitrogens with one attached hydrogen (secondary N) is 1. The molecule has 1 aliphatic rings. The Kier molecular flexibility index (Phi) is 7.39. The fraction of sp³-hybridized carbons (Fsp3) is 0.360. The normalized spacial score (nSPS) is 14.3. The van der Waals surface area contributed by atoms with E-state index in [9.17, 15) is 9.59 Å². The van der Waals surface area contributed by atoms with E-state index in [4.69, 9.17) is 15.2 Å². The van der Waals surface area contributed by atoms with Crippen LogP contribution in [0.5, 0.6) is 11.5 Å². The van der Waals surface area contributed by atoms with Crippen molar-refractivity contribution in [1.29, 1.82) is 0 Å². The van der Waals surface area contributed by atoms with Gasteiger partial charge in [0.25, 0.3) is 5.56 Å². The summed E-state index contributed by atoms with van der Waals surface area (Å²) in [5.41, 5.74) is 6.73. The molecule has 0 saturated carbocycles. The Morgan fingerprint density at radius 1 is 1.12 bits per heavy atom. The minimum atomic E-state index is -0.365. The van der Waals surface area contributed by atoms with Crippen LogP contribution in [0.15, 0.2) is 59.4 Å². The van der Waals surface area contributed by atoms with E-state index >= 15 is 0 Å². The third-order valence-corrected chi connectivity index (χ3v) is 5.70. The van der Waals surface area contributed by atoms with E-state index in [0.29, 0.717) is 32.1 Å². The quantitative estimate of drug-likeness (QED) is 0.434. The number of carbonyl (C=O) groups excluding carboxylic acids is 1. The fourth-order valence-corrected chi connectivity index (χ4v) is 4.05. The fourth-order valence-electron chi connectivity index (χ4n) is 4.05. The first-order valence-electron chi connectivity index (χ1n) is 11.2. The van der Waals surface area contributed by atoms with Crippen LogP contribution >= 0.6 is 0 Å². The van der Waals surface area contributed by atoms with Crippen molar-refractivity contribution in [3.63, 3.8) is 0 Å². The van der Waals surface area contributed by atoms with Crippen LogP contribution in [0.2, 0.25) is 0 Å². The van der Waals surface area contributed by atoms with Crippen LogP contribution in [0.4, 0.5) is 0 Å². The molecule has 1 fully saturated rings. The lowest BCUT2D eigenvalue weighted by atomic mass is 10.1. The molecule has 1 saturated heterocycles. The molecule has 0 spiro atoms. The summed E-state index contributed by atoms with van der Waals surface area (Å²) in [5.74, 6) is 1.06. The Hall–Kier alpha value is -3.20. The minimum absolute atomic E-state index is 0.0207. The molecule has 0 atom stereocenters. The summed E-state index contributed by atoms with van der Waals surface area (Å²) >= 11 is 0. The van der Waals surface area contributed by atoms with Crippen molar-refractivity contribution < 1.29 is 14.3 Å². The number of carbonyl (C=O) groups is 1. The van der Waals surface area contributed by atoms with Gasteiger partial charge in [0.05, 0.1) is 18.7 Å². The van der Waals surface area contributed by atoms with Gasteiger partial charge in [0.1, 0.15) is 11.5 Å². The van der Waals surface area contributed by atoms with Gasteiger partial charge in [-0.1, -0.05) is 18.2 Å². The van der Waals surface area contributed by atoms with Crippen LogP contribution < -0.4 is 21.3 Å². The zero-order valence-electron chi connectivity index (χ0n) is 18.8. The maximum Gasteiger partial charge on any atom is 0.255 e. The highest BCUT2D eigenvalue weighted by molar-refractivity contribution is 5.81. The van der Waals surface area contributed by atoms with E-state index in [1.165, 1.54) is 0 Å². The summed E-state index contributed by atoms with van der Waals surface area (Å²) in [4.78, 5) is 26.5. The Morgan fingerprint density at radius 3 is 2.64 bits per heavy atom. The van der Waals surface area contributed by atoms with Crippen molar-refractivity contribution in [2.75, 3.05) is 32.8 Å². The number of rotatable bonds is 11. The molecule has 0 aliphatic carbocycles. The number of benzene rings is 2. The monoisotopic (exact) mass is 450 g/mol. The van der Waals surface area contributed by atoms with E-state index < -0.39 is 0 Å². The highest BCUT2D eigenvalue weighted by atomic mass is 16.5. The maximum absolute atomic E-state index is 13.4. The molecule has 1 amide bonds. The van der Waals surface area contributed by atoms with Gasteiger partial charge in [-0.25, -0.2) is 0 Å². The van der Waals surface area contributed by atoms with Gasteiger partial charge in [-0.05, 0) is 42.6 Å².